The maximum Gasteiger partial charge on any atom is 0.263 e. The Kier molecular flexibility index (Phi) is 4.30. The summed E-state index contributed by atoms with van der Waals surface area (Å²) in [5, 5.41) is 0. The molecule has 2 atom stereocenters. The minimum absolute atomic E-state index is 0.0567. The highest BCUT2D eigenvalue weighted by atomic mass is 19.3. The van der Waals surface area contributed by atoms with Gasteiger partial charge in [-0.25, -0.2) is 8.78 Å². The fourth-order valence-corrected chi connectivity index (χ4v) is 2.78. The highest BCUT2D eigenvalue weighted by Gasteiger charge is 2.28. The summed E-state index contributed by atoms with van der Waals surface area (Å²) in [5.74, 6) is 0. The van der Waals surface area contributed by atoms with Gasteiger partial charge in [0.1, 0.15) is 0 Å². The van der Waals surface area contributed by atoms with E-state index in [1.807, 2.05) is 6.07 Å². The van der Waals surface area contributed by atoms with Crippen molar-refractivity contribution in [1.82, 2.24) is 4.90 Å². The van der Waals surface area contributed by atoms with Gasteiger partial charge in [0.2, 0.25) is 0 Å². The van der Waals surface area contributed by atoms with Crippen LogP contribution in [0.2, 0.25) is 0 Å². The Morgan fingerprint density at radius 1 is 1.39 bits per heavy atom. The molecule has 18 heavy (non-hydrogen) atoms. The van der Waals surface area contributed by atoms with Gasteiger partial charge in [-0.3, -0.25) is 4.90 Å². The van der Waals surface area contributed by atoms with Crippen molar-refractivity contribution in [3.05, 3.63) is 35.4 Å². The summed E-state index contributed by atoms with van der Waals surface area (Å²) in [5.41, 5.74) is 6.83. The lowest BCUT2D eigenvalue weighted by Crippen LogP contribution is -2.36. The second kappa shape index (κ2) is 5.76. The quantitative estimate of drug-likeness (QED) is 0.894. The fraction of sp³-hybridized carbons (Fsp3) is 0.571. The monoisotopic (exact) mass is 254 g/mol. The lowest BCUT2D eigenvalue weighted by molar-refractivity contribution is 0.150. The molecule has 1 aliphatic rings. The van der Waals surface area contributed by atoms with Crippen LogP contribution < -0.4 is 5.73 Å². The fourth-order valence-electron chi connectivity index (χ4n) is 2.78. The number of hydrogen-bond acceptors (Lipinski definition) is 2. The van der Waals surface area contributed by atoms with Crippen LogP contribution in [0.5, 0.6) is 0 Å². The SMILES string of the molecule is CC1CCCN1C(CN)c1cccc(C(F)F)c1. The molecule has 1 heterocycles. The molecule has 1 saturated heterocycles. The van der Waals surface area contributed by atoms with E-state index >= 15 is 0 Å². The van der Waals surface area contributed by atoms with E-state index in [1.165, 1.54) is 6.07 Å². The van der Waals surface area contributed by atoms with Gasteiger partial charge in [0, 0.05) is 24.2 Å². The van der Waals surface area contributed by atoms with E-state index in [1.54, 1.807) is 12.1 Å². The maximum atomic E-state index is 12.7. The molecule has 0 saturated carbocycles. The average Bonchev–Trinajstić information content (AvgIpc) is 2.77. The number of halogens is 2. The first kappa shape index (κ1) is 13.4. The number of rotatable bonds is 4. The van der Waals surface area contributed by atoms with Gasteiger partial charge in [-0.05, 0) is 37.9 Å². The number of alkyl halides is 2. The standard InChI is InChI=1S/C14H20F2N2/c1-10-4-3-7-18(10)13(9-17)11-5-2-6-12(8-11)14(15)16/h2,5-6,8,10,13-14H,3-4,7,9,17H2,1H3. The molecule has 0 amide bonds. The Balaban J connectivity index is 2.24. The van der Waals surface area contributed by atoms with Crippen LogP contribution in [0.4, 0.5) is 8.78 Å². The molecule has 1 aliphatic heterocycles. The number of nitrogens with zero attached hydrogens (tertiary/aromatic N) is 1. The zero-order valence-corrected chi connectivity index (χ0v) is 10.7. The second-order valence-corrected chi connectivity index (χ2v) is 4.95. The number of nitrogens with two attached hydrogens (primary N) is 1. The summed E-state index contributed by atoms with van der Waals surface area (Å²) < 4.78 is 25.4. The van der Waals surface area contributed by atoms with Crippen molar-refractivity contribution in [3.8, 4) is 0 Å². The smallest absolute Gasteiger partial charge is 0.263 e. The molecule has 2 N–H and O–H groups in total. The van der Waals surface area contributed by atoms with Gasteiger partial charge in [0.15, 0.2) is 0 Å². The molecule has 1 fully saturated rings. The topological polar surface area (TPSA) is 29.3 Å². The molecule has 2 rings (SSSR count). The van der Waals surface area contributed by atoms with Crippen LogP contribution in [0, 0.1) is 0 Å². The molecular formula is C14H20F2N2. The molecule has 1 aromatic rings. The van der Waals surface area contributed by atoms with Crippen molar-refractivity contribution in [2.24, 2.45) is 5.73 Å². The van der Waals surface area contributed by atoms with Crippen molar-refractivity contribution in [2.45, 2.75) is 38.3 Å². The number of hydrogen-bond donors (Lipinski definition) is 1. The summed E-state index contributed by atoms with van der Waals surface area (Å²) in [4.78, 5) is 2.32. The van der Waals surface area contributed by atoms with E-state index < -0.39 is 6.43 Å². The summed E-state index contributed by atoms with van der Waals surface area (Å²) in [6.45, 7) is 3.64. The minimum atomic E-state index is -2.42. The highest BCUT2D eigenvalue weighted by Crippen LogP contribution is 2.30. The Morgan fingerprint density at radius 2 is 2.11 bits per heavy atom. The molecule has 0 aromatic heterocycles. The van der Waals surface area contributed by atoms with Crippen LogP contribution in [0.3, 0.4) is 0 Å². The third-order valence-electron chi connectivity index (χ3n) is 3.78. The van der Waals surface area contributed by atoms with Crippen molar-refractivity contribution < 1.29 is 8.78 Å². The third-order valence-corrected chi connectivity index (χ3v) is 3.78. The van der Waals surface area contributed by atoms with Crippen molar-refractivity contribution >= 4 is 0 Å². The molecule has 0 spiro atoms. The molecule has 100 valence electrons. The van der Waals surface area contributed by atoms with Crippen LogP contribution in [0.1, 0.15) is 43.4 Å². The first-order valence-corrected chi connectivity index (χ1v) is 6.47. The lowest BCUT2D eigenvalue weighted by atomic mass is 10.0. The van der Waals surface area contributed by atoms with E-state index in [-0.39, 0.29) is 11.6 Å². The van der Waals surface area contributed by atoms with Gasteiger partial charge >= 0.3 is 0 Å². The Bertz CT molecular complexity index is 395. The number of benzene rings is 1. The van der Waals surface area contributed by atoms with Crippen LogP contribution in [0.15, 0.2) is 24.3 Å². The first-order valence-electron chi connectivity index (χ1n) is 6.47. The first-order chi connectivity index (χ1) is 8.63. The minimum Gasteiger partial charge on any atom is -0.329 e. The predicted molar refractivity (Wildman–Crippen MR) is 68.6 cm³/mol. The summed E-state index contributed by atoms with van der Waals surface area (Å²) in [7, 11) is 0. The third kappa shape index (κ3) is 2.70. The Labute approximate surface area is 107 Å². The van der Waals surface area contributed by atoms with Gasteiger partial charge in [-0.2, -0.15) is 0 Å². The van der Waals surface area contributed by atoms with Crippen LogP contribution in [-0.4, -0.2) is 24.0 Å². The normalized spacial score (nSPS) is 22.6. The summed E-state index contributed by atoms with van der Waals surface area (Å²) in [6.07, 6.45) is -0.101. The van der Waals surface area contributed by atoms with Crippen molar-refractivity contribution in [2.75, 3.05) is 13.1 Å². The van der Waals surface area contributed by atoms with E-state index in [9.17, 15) is 8.78 Å². The van der Waals surface area contributed by atoms with Crippen LogP contribution in [0.25, 0.3) is 0 Å². The molecule has 0 bridgehead atoms. The molecule has 4 heteroatoms. The van der Waals surface area contributed by atoms with Crippen molar-refractivity contribution in [1.29, 1.82) is 0 Å². The average molecular weight is 254 g/mol. The van der Waals surface area contributed by atoms with Crippen LogP contribution in [-0.2, 0) is 0 Å². The largest absolute Gasteiger partial charge is 0.329 e. The van der Waals surface area contributed by atoms with E-state index in [2.05, 4.69) is 11.8 Å². The van der Waals surface area contributed by atoms with E-state index in [4.69, 9.17) is 5.73 Å². The van der Waals surface area contributed by atoms with Gasteiger partial charge < -0.3 is 5.73 Å². The predicted octanol–water partition coefficient (Wildman–Crippen LogP) is 3.11. The van der Waals surface area contributed by atoms with Crippen LogP contribution >= 0.6 is 0 Å². The zero-order chi connectivity index (χ0) is 13.1. The highest BCUT2D eigenvalue weighted by molar-refractivity contribution is 5.27. The molecule has 0 radical (unpaired) electrons. The zero-order valence-electron chi connectivity index (χ0n) is 10.7. The summed E-state index contributed by atoms with van der Waals surface area (Å²) in [6, 6.07) is 7.19. The van der Waals surface area contributed by atoms with Gasteiger partial charge in [0.05, 0.1) is 0 Å². The van der Waals surface area contributed by atoms with Crippen molar-refractivity contribution in [3.63, 3.8) is 0 Å². The number of likely N-dealkylation sites (tertiary alicyclic amines) is 1. The Hall–Kier alpha value is -1.00. The summed E-state index contributed by atoms with van der Waals surface area (Å²) >= 11 is 0. The molecule has 0 aliphatic carbocycles. The molecule has 2 nitrogen and oxygen atoms in total. The van der Waals surface area contributed by atoms with E-state index in [0.717, 1.165) is 24.9 Å². The molecule has 2 unspecified atom stereocenters. The molecular weight excluding hydrogens is 234 g/mol. The second-order valence-electron chi connectivity index (χ2n) is 4.95. The Morgan fingerprint density at radius 3 is 2.67 bits per heavy atom. The van der Waals surface area contributed by atoms with Gasteiger partial charge in [-0.1, -0.05) is 18.2 Å². The van der Waals surface area contributed by atoms with Gasteiger partial charge in [-0.15, -0.1) is 0 Å². The lowest BCUT2D eigenvalue weighted by Gasteiger charge is -2.31. The van der Waals surface area contributed by atoms with E-state index in [0.29, 0.717) is 12.6 Å². The maximum absolute atomic E-state index is 12.7. The van der Waals surface area contributed by atoms with Gasteiger partial charge in [0.25, 0.3) is 6.43 Å². The molecule has 1 aromatic carbocycles.